The lowest BCUT2D eigenvalue weighted by Gasteiger charge is -2.27. The number of nitrogens with one attached hydrogen (secondary N) is 1. The summed E-state index contributed by atoms with van der Waals surface area (Å²) < 4.78 is 0. The van der Waals surface area contributed by atoms with Gasteiger partial charge in [0, 0.05) is 18.8 Å². The first kappa shape index (κ1) is 11.6. The van der Waals surface area contributed by atoms with Crippen LogP contribution in [0.4, 0.5) is 5.69 Å². The maximum absolute atomic E-state index is 11.6. The number of anilines is 1. The number of carboxylic acids is 1. The summed E-state index contributed by atoms with van der Waals surface area (Å²) in [5.41, 5.74) is 1.56. The Labute approximate surface area is 99.0 Å². The highest BCUT2D eigenvalue weighted by atomic mass is 16.4. The number of benzene rings is 1. The molecule has 0 spiro atoms. The normalized spacial score (nSPS) is 16.0. The van der Waals surface area contributed by atoms with E-state index in [-0.39, 0.29) is 12.3 Å². The topological polar surface area (TPSA) is 69.6 Å². The van der Waals surface area contributed by atoms with Crippen molar-refractivity contribution in [1.29, 1.82) is 0 Å². The van der Waals surface area contributed by atoms with Gasteiger partial charge in [0.2, 0.25) is 5.91 Å². The first-order valence-electron chi connectivity index (χ1n) is 5.48. The van der Waals surface area contributed by atoms with Crippen molar-refractivity contribution in [2.24, 2.45) is 0 Å². The zero-order valence-electron chi connectivity index (χ0n) is 9.35. The van der Waals surface area contributed by atoms with Crippen LogP contribution in [0.1, 0.15) is 5.56 Å². The van der Waals surface area contributed by atoms with Gasteiger partial charge >= 0.3 is 5.97 Å². The van der Waals surface area contributed by atoms with Gasteiger partial charge in [-0.05, 0) is 17.7 Å². The molecule has 0 radical (unpaired) electrons. The highest BCUT2D eigenvalue weighted by Crippen LogP contribution is 2.16. The molecular formula is C12H14N2O3. The monoisotopic (exact) mass is 234 g/mol. The Kier molecular flexibility index (Phi) is 3.39. The number of hydrogen-bond acceptors (Lipinski definition) is 3. The zero-order chi connectivity index (χ0) is 12.3. The summed E-state index contributed by atoms with van der Waals surface area (Å²) in [5, 5.41) is 11.7. The smallest absolute Gasteiger partial charge is 0.307 e. The van der Waals surface area contributed by atoms with Gasteiger partial charge in [0.15, 0.2) is 0 Å². The fourth-order valence-electron chi connectivity index (χ4n) is 1.85. The number of carbonyl (C=O) groups is 2. The van der Waals surface area contributed by atoms with Gasteiger partial charge in [-0.15, -0.1) is 0 Å². The molecule has 1 fully saturated rings. The Morgan fingerprint density at radius 3 is 2.65 bits per heavy atom. The summed E-state index contributed by atoms with van der Waals surface area (Å²) in [6, 6.07) is 7.08. The zero-order valence-corrected chi connectivity index (χ0v) is 9.35. The molecular weight excluding hydrogens is 220 g/mol. The van der Waals surface area contributed by atoms with Gasteiger partial charge in [-0.3, -0.25) is 9.59 Å². The minimum atomic E-state index is -0.851. The average Bonchev–Trinajstić information content (AvgIpc) is 2.30. The van der Waals surface area contributed by atoms with Crippen molar-refractivity contribution < 1.29 is 14.7 Å². The van der Waals surface area contributed by atoms with Gasteiger partial charge in [0.05, 0.1) is 13.0 Å². The second kappa shape index (κ2) is 4.97. The Balaban J connectivity index is 2.11. The Morgan fingerprint density at radius 1 is 1.35 bits per heavy atom. The molecule has 1 heterocycles. The summed E-state index contributed by atoms with van der Waals surface area (Å²) in [4.78, 5) is 23.9. The van der Waals surface area contributed by atoms with Crippen LogP contribution in [-0.2, 0) is 16.0 Å². The van der Waals surface area contributed by atoms with E-state index in [9.17, 15) is 9.59 Å². The van der Waals surface area contributed by atoms with Crippen molar-refractivity contribution in [2.45, 2.75) is 6.42 Å². The second-order valence-corrected chi connectivity index (χ2v) is 3.96. The van der Waals surface area contributed by atoms with Crippen LogP contribution in [0.15, 0.2) is 24.3 Å². The molecule has 0 saturated carbocycles. The summed E-state index contributed by atoms with van der Waals surface area (Å²) in [5.74, 6) is -0.807. The standard InChI is InChI=1S/C12H14N2O3/c15-11-8-13-5-6-14(11)10-3-1-9(2-4-10)7-12(16)17/h1-4,13H,5-8H2,(H,16,17). The van der Waals surface area contributed by atoms with Gasteiger partial charge in [-0.25, -0.2) is 0 Å². The molecule has 1 amide bonds. The van der Waals surface area contributed by atoms with E-state index in [0.717, 1.165) is 17.8 Å². The number of carboxylic acid groups (broad SMARTS) is 1. The third-order valence-electron chi connectivity index (χ3n) is 2.69. The van der Waals surface area contributed by atoms with E-state index in [2.05, 4.69) is 5.32 Å². The van der Waals surface area contributed by atoms with Crippen molar-refractivity contribution in [3.63, 3.8) is 0 Å². The Hall–Kier alpha value is -1.88. The van der Waals surface area contributed by atoms with Crippen LogP contribution < -0.4 is 10.2 Å². The quantitative estimate of drug-likeness (QED) is 0.786. The predicted octanol–water partition coefficient (Wildman–Crippen LogP) is 0.250. The molecule has 2 N–H and O–H groups in total. The lowest BCUT2D eigenvalue weighted by Crippen LogP contribution is -2.48. The summed E-state index contributed by atoms with van der Waals surface area (Å²) in [6.07, 6.45) is 0.00970. The van der Waals surface area contributed by atoms with Crippen molar-refractivity contribution in [2.75, 3.05) is 24.5 Å². The molecule has 0 atom stereocenters. The lowest BCUT2D eigenvalue weighted by molar-refractivity contribution is -0.136. The predicted molar refractivity (Wildman–Crippen MR) is 63.0 cm³/mol. The van der Waals surface area contributed by atoms with Gasteiger partial charge in [-0.1, -0.05) is 12.1 Å². The van der Waals surface area contributed by atoms with Crippen LogP contribution in [0, 0.1) is 0 Å². The largest absolute Gasteiger partial charge is 0.481 e. The fraction of sp³-hybridized carbons (Fsp3) is 0.333. The number of piperazine rings is 1. The molecule has 17 heavy (non-hydrogen) atoms. The van der Waals surface area contributed by atoms with Crippen molar-refractivity contribution >= 4 is 17.6 Å². The minimum Gasteiger partial charge on any atom is -0.481 e. The number of carbonyl (C=O) groups excluding carboxylic acids is 1. The van der Waals surface area contributed by atoms with Gasteiger partial charge in [0.1, 0.15) is 0 Å². The molecule has 1 aromatic rings. The fourth-order valence-corrected chi connectivity index (χ4v) is 1.85. The van der Waals surface area contributed by atoms with E-state index in [1.54, 1.807) is 29.2 Å². The van der Waals surface area contributed by atoms with Crippen LogP contribution in [0.5, 0.6) is 0 Å². The SMILES string of the molecule is O=C(O)Cc1ccc(N2CCNCC2=O)cc1. The molecule has 1 aromatic carbocycles. The third-order valence-corrected chi connectivity index (χ3v) is 2.69. The molecule has 5 heteroatoms. The Bertz CT molecular complexity index is 428. The van der Waals surface area contributed by atoms with Crippen LogP contribution in [0.2, 0.25) is 0 Å². The molecule has 1 aliphatic heterocycles. The average molecular weight is 234 g/mol. The van der Waals surface area contributed by atoms with E-state index in [1.165, 1.54) is 0 Å². The lowest BCUT2D eigenvalue weighted by atomic mass is 10.1. The van der Waals surface area contributed by atoms with Crippen LogP contribution in [-0.4, -0.2) is 36.6 Å². The molecule has 0 aliphatic carbocycles. The first-order chi connectivity index (χ1) is 8.16. The molecule has 0 aromatic heterocycles. The van der Waals surface area contributed by atoms with E-state index < -0.39 is 5.97 Å². The number of hydrogen-bond donors (Lipinski definition) is 2. The Morgan fingerprint density at radius 2 is 2.06 bits per heavy atom. The number of rotatable bonds is 3. The van der Waals surface area contributed by atoms with Crippen LogP contribution in [0.25, 0.3) is 0 Å². The highest BCUT2D eigenvalue weighted by molar-refractivity contribution is 5.95. The summed E-state index contributed by atoms with van der Waals surface area (Å²) in [7, 11) is 0. The van der Waals surface area contributed by atoms with E-state index in [0.29, 0.717) is 13.1 Å². The van der Waals surface area contributed by atoms with Crippen molar-refractivity contribution in [1.82, 2.24) is 5.32 Å². The first-order valence-corrected chi connectivity index (χ1v) is 5.48. The van der Waals surface area contributed by atoms with Crippen molar-refractivity contribution in [3.8, 4) is 0 Å². The molecule has 2 rings (SSSR count). The molecule has 1 aliphatic rings. The van der Waals surface area contributed by atoms with E-state index in [1.807, 2.05) is 0 Å². The van der Waals surface area contributed by atoms with Crippen molar-refractivity contribution in [3.05, 3.63) is 29.8 Å². The maximum atomic E-state index is 11.6. The number of aliphatic carboxylic acids is 1. The highest BCUT2D eigenvalue weighted by Gasteiger charge is 2.18. The van der Waals surface area contributed by atoms with Gasteiger partial charge in [0.25, 0.3) is 0 Å². The molecule has 1 saturated heterocycles. The van der Waals surface area contributed by atoms with Crippen LogP contribution >= 0.6 is 0 Å². The van der Waals surface area contributed by atoms with E-state index in [4.69, 9.17) is 5.11 Å². The maximum Gasteiger partial charge on any atom is 0.307 e. The second-order valence-electron chi connectivity index (χ2n) is 3.96. The molecule has 5 nitrogen and oxygen atoms in total. The minimum absolute atomic E-state index is 0.00970. The number of amides is 1. The number of nitrogens with zero attached hydrogens (tertiary/aromatic N) is 1. The molecule has 90 valence electrons. The third kappa shape index (κ3) is 2.82. The van der Waals surface area contributed by atoms with Gasteiger partial charge in [-0.2, -0.15) is 0 Å². The van der Waals surface area contributed by atoms with Crippen LogP contribution in [0.3, 0.4) is 0 Å². The summed E-state index contributed by atoms with van der Waals surface area (Å²) >= 11 is 0. The molecule has 0 bridgehead atoms. The summed E-state index contributed by atoms with van der Waals surface area (Å²) in [6.45, 7) is 1.79. The van der Waals surface area contributed by atoms with E-state index >= 15 is 0 Å². The molecule has 0 unspecified atom stereocenters. The van der Waals surface area contributed by atoms with Gasteiger partial charge < -0.3 is 15.3 Å².